The summed E-state index contributed by atoms with van der Waals surface area (Å²) in [6.07, 6.45) is 1.87. The highest BCUT2D eigenvalue weighted by Crippen LogP contribution is 2.21. The number of hydrogen-bond donors (Lipinski definition) is 1. The summed E-state index contributed by atoms with van der Waals surface area (Å²) in [5.74, 6) is 1.15. The standard InChI is InChI=1S/C14H22N2O3S/c1-12-6-8-16(9-7-12)20(17,18)11-10-19-14-5-3-2-4-13(14)15/h2-5,12H,6-11,15H2,1H3. The van der Waals surface area contributed by atoms with E-state index in [9.17, 15) is 8.42 Å². The van der Waals surface area contributed by atoms with Crippen molar-refractivity contribution in [1.82, 2.24) is 4.31 Å². The summed E-state index contributed by atoms with van der Waals surface area (Å²) in [4.78, 5) is 0. The van der Waals surface area contributed by atoms with Crippen molar-refractivity contribution in [2.24, 2.45) is 5.92 Å². The van der Waals surface area contributed by atoms with E-state index in [1.54, 1.807) is 16.4 Å². The molecule has 0 amide bonds. The lowest BCUT2D eigenvalue weighted by Crippen LogP contribution is -2.40. The summed E-state index contributed by atoms with van der Waals surface area (Å²) in [5.41, 5.74) is 6.27. The molecule has 1 aliphatic heterocycles. The predicted molar refractivity (Wildman–Crippen MR) is 80.1 cm³/mol. The second-order valence-electron chi connectivity index (χ2n) is 5.28. The molecule has 1 saturated heterocycles. The predicted octanol–water partition coefficient (Wildman–Crippen LogP) is 1.71. The highest BCUT2D eigenvalue weighted by atomic mass is 32.2. The SMILES string of the molecule is CC1CCN(S(=O)(=O)CCOc2ccccc2N)CC1. The second kappa shape index (κ2) is 6.45. The summed E-state index contributed by atoms with van der Waals surface area (Å²) < 4.78 is 31.4. The van der Waals surface area contributed by atoms with Crippen molar-refractivity contribution in [2.75, 3.05) is 31.2 Å². The number of rotatable bonds is 5. The van der Waals surface area contributed by atoms with Gasteiger partial charge in [0.1, 0.15) is 12.4 Å². The lowest BCUT2D eigenvalue weighted by molar-refractivity contribution is 0.283. The van der Waals surface area contributed by atoms with E-state index in [2.05, 4.69) is 6.92 Å². The summed E-state index contributed by atoms with van der Waals surface area (Å²) in [6.45, 7) is 3.53. The van der Waals surface area contributed by atoms with Crippen LogP contribution in [0.5, 0.6) is 5.75 Å². The maximum Gasteiger partial charge on any atom is 0.217 e. The Balaban J connectivity index is 1.85. The highest BCUT2D eigenvalue weighted by molar-refractivity contribution is 7.89. The first kappa shape index (κ1) is 15.1. The van der Waals surface area contributed by atoms with Crippen molar-refractivity contribution in [3.63, 3.8) is 0 Å². The average Bonchev–Trinajstić information content (AvgIpc) is 2.41. The fraction of sp³-hybridized carbons (Fsp3) is 0.571. The van der Waals surface area contributed by atoms with Crippen molar-refractivity contribution in [1.29, 1.82) is 0 Å². The van der Waals surface area contributed by atoms with Crippen LogP contribution < -0.4 is 10.5 Å². The van der Waals surface area contributed by atoms with Crippen LogP contribution in [0.15, 0.2) is 24.3 Å². The van der Waals surface area contributed by atoms with E-state index in [4.69, 9.17) is 10.5 Å². The van der Waals surface area contributed by atoms with E-state index in [1.807, 2.05) is 12.1 Å². The van der Waals surface area contributed by atoms with Crippen LogP contribution in [0.2, 0.25) is 0 Å². The number of nitrogens with two attached hydrogens (primary N) is 1. The third-order valence-corrected chi connectivity index (χ3v) is 5.49. The Morgan fingerprint density at radius 1 is 1.30 bits per heavy atom. The Labute approximate surface area is 120 Å². The van der Waals surface area contributed by atoms with Gasteiger partial charge in [-0.1, -0.05) is 19.1 Å². The van der Waals surface area contributed by atoms with Gasteiger partial charge in [0.2, 0.25) is 10.0 Å². The van der Waals surface area contributed by atoms with E-state index >= 15 is 0 Å². The zero-order chi connectivity index (χ0) is 14.6. The van der Waals surface area contributed by atoms with Gasteiger partial charge in [0.25, 0.3) is 0 Å². The molecule has 0 aliphatic carbocycles. The number of para-hydroxylation sites is 2. The Kier molecular flexibility index (Phi) is 4.88. The molecule has 1 aromatic carbocycles. The van der Waals surface area contributed by atoms with E-state index in [1.165, 1.54) is 0 Å². The normalized spacial score (nSPS) is 18.1. The van der Waals surface area contributed by atoms with Crippen LogP contribution >= 0.6 is 0 Å². The molecule has 0 radical (unpaired) electrons. The fourth-order valence-electron chi connectivity index (χ4n) is 2.26. The van der Waals surface area contributed by atoms with Crippen LogP contribution in [0.25, 0.3) is 0 Å². The molecule has 6 heteroatoms. The summed E-state index contributed by atoms with van der Waals surface area (Å²) in [6, 6.07) is 7.10. The largest absolute Gasteiger partial charge is 0.490 e. The van der Waals surface area contributed by atoms with Gasteiger partial charge >= 0.3 is 0 Å². The maximum absolute atomic E-state index is 12.2. The van der Waals surface area contributed by atoms with Crippen molar-refractivity contribution < 1.29 is 13.2 Å². The molecule has 0 spiro atoms. The zero-order valence-electron chi connectivity index (χ0n) is 11.8. The van der Waals surface area contributed by atoms with E-state index in [0.29, 0.717) is 30.4 Å². The number of ether oxygens (including phenoxy) is 1. The van der Waals surface area contributed by atoms with Gasteiger partial charge in [-0.25, -0.2) is 12.7 Å². The molecule has 1 aliphatic rings. The van der Waals surface area contributed by atoms with Crippen LogP contribution in [-0.4, -0.2) is 38.2 Å². The fourth-order valence-corrected chi connectivity index (χ4v) is 3.58. The van der Waals surface area contributed by atoms with Crippen molar-refractivity contribution in [2.45, 2.75) is 19.8 Å². The third-order valence-electron chi connectivity index (χ3n) is 3.65. The second-order valence-corrected chi connectivity index (χ2v) is 7.37. The first-order chi connectivity index (χ1) is 9.49. The van der Waals surface area contributed by atoms with Gasteiger partial charge < -0.3 is 10.5 Å². The smallest absolute Gasteiger partial charge is 0.217 e. The maximum atomic E-state index is 12.2. The minimum atomic E-state index is -3.22. The van der Waals surface area contributed by atoms with Gasteiger partial charge in [-0.3, -0.25) is 0 Å². The molecule has 0 unspecified atom stereocenters. The number of hydrogen-bond acceptors (Lipinski definition) is 4. The molecule has 112 valence electrons. The van der Waals surface area contributed by atoms with Gasteiger partial charge in [0.05, 0.1) is 11.4 Å². The molecular weight excluding hydrogens is 276 g/mol. The summed E-state index contributed by atoms with van der Waals surface area (Å²) >= 11 is 0. The molecule has 0 atom stereocenters. The van der Waals surface area contributed by atoms with Crippen molar-refractivity contribution in [3.05, 3.63) is 24.3 Å². The summed E-state index contributed by atoms with van der Waals surface area (Å²) in [7, 11) is -3.22. The van der Waals surface area contributed by atoms with Gasteiger partial charge in [-0.05, 0) is 30.9 Å². The first-order valence-corrected chi connectivity index (χ1v) is 8.55. The number of sulfonamides is 1. The minimum absolute atomic E-state index is 0.00425. The number of piperidine rings is 1. The minimum Gasteiger partial charge on any atom is -0.490 e. The molecule has 2 N–H and O–H groups in total. The van der Waals surface area contributed by atoms with Crippen LogP contribution in [-0.2, 0) is 10.0 Å². The van der Waals surface area contributed by atoms with Gasteiger partial charge in [-0.2, -0.15) is 0 Å². The van der Waals surface area contributed by atoms with Crippen LogP contribution in [0.3, 0.4) is 0 Å². The molecule has 1 aromatic rings. The zero-order valence-corrected chi connectivity index (χ0v) is 12.6. The highest BCUT2D eigenvalue weighted by Gasteiger charge is 2.26. The third kappa shape index (κ3) is 3.86. The van der Waals surface area contributed by atoms with Crippen molar-refractivity contribution in [3.8, 4) is 5.75 Å². The molecule has 0 bridgehead atoms. The molecule has 1 fully saturated rings. The monoisotopic (exact) mass is 298 g/mol. The summed E-state index contributed by atoms with van der Waals surface area (Å²) in [5, 5.41) is 0. The van der Waals surface area contributed by atoms with Crippen LogP contribution in [0, 0.1) is 5.92 Å². The Morgan fingerprint density at radius 2 is 1.95 bits per heavy atom. The number of benzene rings is 1. The topological polar surface area (TPSA) is 72.6 Å². The van der Waals surface area contributed by atoms with E-state index in [0.717, 1.165) is 12.8 Å². The molecule has 0 aromatic heterocycles. The van der Waals surface area contributed by atoms with E-state index in [-0.39, 0.29) is 12.4 Å². The van der Waals surface area contributed by atoms with Crippen LogP contribution in [0.4, 0.5) is 5.69 Å². The number of anilines is 1. The molecule has 2 rings (SSSR count). The molecular formula is C14H22N2O3S. The number of nitrogen functional groups attached to an aromatic ring is 1. The Hall–Kier alpha value is -1.27. The van der Waals surface area contributed by atoms with Crippen LogP contribution in [0.1, 0.15) is 19.8 Å². The first-order valence-electron chi connectivity index (χ1n) is 6.94. The molecule has 0 saturated carbocycles. The van der Waals surface area contributed by atoms with E-state index < -0.39 is 10.0 Å². The number of nitrogens with zero attached hydrogens (tertiary/aromatic N) is 1. The molecule has 5 nitrogen and oxygen atoms in total. The molecule has 20 heavy (non-hydrogen) atoms. The molecule has 1 heterocycles. The Morgan fingerprint density at radius 3 is 2.60 bits per heavy atom. The van der Waals surface area contributed by atoms with Gasteiger partial charge in [-0.15, -0.1) is 0 Å². The average molecular weight is 298 g/mol. The quantitative estimate of drug-likeness (QED) is 0.840. The van der Waals surface area contributed by atoms with Crippen molar-refractivity contribution >= 4 is 15.7 Å². The van der Waals surface area contributed by atoms with Gasteiger partial charge in [0.15, 0.2) is 0 Å². The lowest BCUT2D eigenvalue weighted by Gasteiger charge is -2.29. The Bertz CT molecular complexity index is 537. The van der Waals surface area contributed by atoms with Gasteiger partial charge in [0, 0.05) is 13.1 Å². The lowest BCUT2D eigenvalue weighted by atomic mass is 10.0.